The highest BCUT2D eigenvalue weighted by Gasteiger charge is 2.43. The number of hydrogen-bond donors (Lipinski definition) is 1. The van der Waals surface area contributed by atoms with Gasteiger partial charge in [-0.05, 0) is 56.7 Å². The van der Waals surface area contributed by atoms with Crippen molar-refractivity contribution in [2.75, 3.05) is 13.2 Å². The maximum absolute atomic E-state index is 13.0. The molecule has 1 aromatic rings. The minimum absolute atomic E-state index is 0.111. The molecule has 1 amide bonds. The first-order chi connectivity index (χ1) is 13.8. The summed E-state index contributed by atoms with van der Waals surface area (Å²) < 4.78 is 50.6. The highest BCUT2D eigenvalue weighted by atomic mass is 19.4. The van der Waals surface area contributed by atoms with Crippen molar-refractivity contribution in [3.05, 3.63) is 23.8 Å². The predicted molar refractivity (Wildman–Crippen MR) is 106 cm³/mol. The van der Waals surface area contributed by atoms with E-state index in [0.717, 1.165) is 18.4 Å². The van der Waals surface area contributed by atoms with Crippen molar-refractivity contribution in [2.24, 2.45) is 11.8 Å². The van der Waals surface area contributed by atoms with Crippen molar-refractivity contribution in [3.63, 3.8) is 0 Å². The number of carbonyl (C=O) groups excluding carboxylic acids is 1. The van der Waals surface area contributed by atoms with Crippen LogP contribution in [0.2, 0.25) is 0 Å². The summed E-state index contributed by atoms with van der Waals surface area (Å²) >= 11 is 0. The number of hydrogen-bond acceptors (Lipinski definition) is 3. The minimum Gasteiger partial charge on any atom is -0.490 e. The fraction of sp³-hybridized carbons (Fsp3) is 0.682. The number of amides is 1. The topological polar surface area (TPSA) is 47.6 Å². The maximum atomic E-state index is 13.0. The van der Waals surface area contributed by atoms with Crippen LogP contribution in [0.3, 0.4) is 0 Å². The molecule has 1 saturated carbocycles. The molecule has 1 aliphatic rings. The molecule has 1 fully saturated rings. The number of rotatable bonds is 9. The lowest BCUT2D eigenvalue weighted by Gasteiger charge is -2.30. The van der Waals surface area contributed by atoms with E-state index >= 15 is 0 Å². The van der Waals surface area contributed by atoms with E-state index in [1.807, 2.05) is 39.0 Å². The standard InChI is InChI=1S/C22H32F3NO3/c1-4-11-28-19-10-9-16(14-20(19)29-12-5-2)15(3)26-21(27)17-7-6-8-18(13-17)22(23,24)25/h9-10,14-15,17-18H,4-8,11-13H2,1-3H3,(H,26,27). The molecule has 0 radical (unpaired) electrons. The second-order valence-corrected chi connectivity index (χ2v) is 7.74. The molecule has 1 N–H and O–H groups in total. The van der Waals surface area contributed by atoms with Crippen LogP contribution in [0.25, 0.3) is 0 Å². The van der Waals surface area contributed by atoms with Crippen molar-refractivity contribution in [1.29, 1.82) is 0 Å². The van der Waals surface area contributed by atoms with Crippen molar-refractivity contribution in [2.45, 2.75) is 71.5 Å². The van der Waals surface area contributed by atoms with E-state index < -0.39 is 18.0 Å². The third kappa shape index (κ3) is 6.82. The number of halogens is 3. The van der Waals surface area contributed by atoms with Crippen molar-refractivity contribution < 1.29 is 27.4 Å². The summed E-state index contributed by atoms with van der Waals surface area (Å²) in [7, 11) is 0. The number of nitrogens with one attached hydrogen (secondary N) is 1. The molecule has 2 rings (SSSR count). The highest BCUT2D eigenvalue weighted by molar-refractivity contribution is 5.79. The van der Waals surface area contributed by atoms with Crippen LogP contribution in [0.4, 0.5) is 13.2 Å². The summed E-state index contributed by atoms with van der Waals surface area (Å²) in [4.78, 5) is 12.6. The highest BCUT2D eigenvalue weighted by Crippen LogP contribution is 2.40. The molecule has 3 atom stereocenters. The van der Waals surface area contributed by atoms with Crippen LogP contribution in [0.15, 0.2) is 18.2 Å². The van der Waals surface area contributed by atoms with Gasteiger partial charge in [-0.1, -0.05) is 26.3 Å². The van der Waals surface area contributed by atoms with Gasteiger partial charge in [0.25, 0.3) is 0 Å². The van der Waals surface area contributed by atoms with Crippen LogP contribution >= 0.6 is 0 Å². The van der Waals surface area contributed by atoms with E-state index in [1.54, 1.807) is 0 Å². The lowest BCUT2D eigenvalue weighted by molar-refractivity contribution is -0.186. The Bertz CT molecular complexity index is 663. The zero-order chi connectivity index (χ0) is 21.4. The van der Waals surface area contributed by atoms with Gasteiger partial charge in [0, 0.05) is 5.92 Å². The molecule has 29 heavy (non-hydrogen) atoms. The molecule has 4 nitrogen and oxygen atoms in total. The zero-order valence-electron chi connectivity index (χ0n) is 17.5. The Labute approximate surface area is 171 Å². The molecule has 7 heteroatoms. The van der Waals surface area contributed by atoms with E-state index in [1.165, 1.54) is 0 Å². The number of carbonyl (C=O) groups is 1. The second kappa shape index (κ2) is 10.7. The Hall–Kier alpha value is -1.92. The van der Waals surface area contributed by atoms with Gasteiger partial charge in [-0.2, -0.15) is 13.2 Å². The summed E-state index contributed by atoms with van der Waals surface area (Å²) in [6, 6.07) is 5.18. The van der Waals surface area contributed by atoms with Gasteiger partial charge in [0.1, 0.15) is 0 Å². The zero-order valence-corrected chi connectivity index (χ0v) is 17.5. The predicted octanol–water partition coefficient (Wildman–Crippen LogP) is 5.81. The first kappa shape index (κ1) is 23.4. The Morgan fingerprint density at radius 2 is 1.79 bits per heavy atom. The minimum atomic E-state index is -4.23. The van der Waals surface area contributed by atoms with Gasteiger partial charge in [-0.3, -0.25) is 4.79 Å². The molecule has 1 aromatic carbocycles. The van der Waals surface area contributed by atoms with E-state index in [-0.39, 0.29) is 24.8 Å². The molecule has 0 aromatic heterocycles. The fourth-order valence-electron chi connectivity index (χ4n) is 3.59. The molecular weight excluding hydrogens is 383 g/mol. The van der Waals surface area contributed by atoms with Crippen LogP contribution in [0, 0.1) is 11.8 Å². The van der Waals surface area contributed by atoms with Gasteiger partial charge in [0.15, 0.2) is 11.5 Å². The monoisotopic (exact) mass is 415 g/mol. The molecule has 164 valence electrons. The summed E-state index contributed by atoms with van der Waals surface area (Å²) in [5, 5.41) is 2.88. The molecule has 0 aliphatic heterocycles. The third-order valence-electron chi connectivity index (χ3n) is 5.26. The fourth-order valence-corrected chi connectivity index (χ4v) is 3.59. The third-order valence-corrected chi connectivity index (χ3v) is 5.26. The van der Waals surface area contributed by atoms with Gasteiger partial charge in [-0.15, -0.1) is 0 Å². The number of ether oxygens (including phenoxy) is 2. The molecular formula is C22H32F3NO3. The first-order valence-corrected chi connectivity index (χ1v) is 10.5. The molecule has 0 saturated heterocycles. The molecule has 3 unspecified atom stereocenters. The normalized spacial score (nSPS) is 20.8. The van der Waals surface area contributed by atoms with Crippen LogP contribution in [-0.2, 0) is 4.79 Å². The molecule has 0 spiro atoms. The lowest BCUT2D eigenvalue weighted by Crippen LogP contribution is -2.38. The van der Waals surface area contributed by atoms with Crippen LogP contribution < -0.4 is 14.8 Å². The van der Waals surface area contributed by atoms with Crippen molar-refractivity contribution in [1.82, 2.24) is 5.32 Å². The Kier molecular flexibility index (Phi) is 8.65. The van der Waals surface area contributed by atoms with E-state index in [4.69, 9.17) is 9.47 Å². The van der Waals surface area contributed by atoms with E-state index in [0.29, 0.717) is 37.6 Å². The summed E-state index contributed by atoms with van der Waals surface area (Å²) in [6.07, 6.45) is -1.59. The van der Waals surface area contributed by atoms with E-state index in [9.17, 15) is 18.0 Å². The number of alkyl halides is 3. The quantitative estimate of drug-likeness (QED) is 0.554. The van der Waals surface area contributed by atoms with Gasteiger partial charge in [0.2, 0.25) is 5.91 Å². The average molecular weight is 415 g/mol. The maximum Gasteiger partial charge on any atom is 0.391 e. The molecule has 1 aliphatic carbocycles. The largest absolute Gasteiger partial charge is 0.490 e. The Morgan fingerprint density at radius 3 is 2.41 bits per heavy atom. The Balaban J connectivity index is 2.05. The van der Waals surface area contributed by atoms with Crippen molar-refractivity contribution in [3.8, 4) is 11.5 Å². The van der Waals surface area contributed by atoms with Gasteiger partial charge in [-0.25, -0.2) is 0 Å². The lowest BCUT2D eigenvalue weighted by atomic mass is 9.80. The van der Waals surface area contributed by atoms with Crippen LogP contribution in [-0.4, -0.2) is 25.3 Å². The van der Waals surface area contributed by atoms with E-state index in [2.05, 4.69) is 5.32 Å². The molecule has 0 bridgehead atoms. The van der Waals surface area contributed by atoms with Gasteiger partial charge < -0.3 is 14.8 Å². The number of benzene rings is 1. The summed E-state index contributed by atoms with van der Waals surface area (Å²) in [6.45, 7) is 6.99. The second-order valence-electron chi connectivity index (χ2n) is 7.74. The smallest absolute Gasteiger partial charge is 0.391 e. The average Bonchev–Trinajstić information content (AvgIpc) is 2.70. The SMILES string of the molecule is CCCOc1ccc(C(C)NC(=O)C2CCCC(C(F)(F)F)C2)cc1OCCC. The first-order valence-electron chi connectivity index (χ1n) is 10.5. The van der Waals surface area contributed by atoms with Crippen LogP contribution in [0.5, 0.6) is 11.5 Å². The summed E-state index contributed by atoms with van der Waals surface area (Å²) in [5.41, 5.74) is 0.830. The Morgan fingerprint density at radius 1 is 1.14 bits per heavy atom. The molecule has 0 heterocycles. The summed E-state index contributed by atoms with van der Waals surface area (Å²) in [5.74, 6) is -1.02. The van der Waals surface area contributed by atoms with Crippen LogP contribution in [0.1, 0.15) is 70.9 Å². The van der Waals surface area contributed by atoms with Crippen molar-refractivity contribution >= 4 is 5.91 Å². The van der Waals surface area contributed by atoms with Gasteiger partial charge >= 0.3 is 6.18 Å². The van der Waals surface area contributed by atoms with Gasteiger partial charge in [0.05, 0.1) is 25.2 Å².